The first kappa shape index (κ1) is 20.9. The van der Waals surface area contributed by atoms with Gasteiger partial charge < -0.3 is 20.4 Å². The Labute approximate surface area is 164 Å². The van der Waals surface area contributed by atoms with E-state index in [4.69, 9.17) is 4.74 Å². The van der Waals surface area contributed by atoms with Crippen molar-refractivity contribution in [3.05, 3.63) is 41.5 Å². The van der Waals surface area contributed by atoms with Crippen molar-refractivity contribution in [2.45, 2.75) is 39.2 Å². The molecule has 0 bridgehead atoms. The Hall–Kier alpha value is -2.38. The van der Waals surface area contributed by atoms with Crippen LogP contribution in [0.5, 0.6) is 5.75 Å². The van der Waals surface area contributed by atoms with Gasteiger partial charge in [0.1, 0.15) is 18.0 Å². The summed E-state index contributed by atoms with van der Waals surface area (Å²) in [6.45, 7) is 5.31. The molecule has 7 nitrogen and oxygen atoms in total. The zero-order chi connectivity index (χ0) is 18.5. The number of aromatic nitrogens is 2. The van der Waals surface area contributed by atoms with Gasteiger partial charge in [-0.1, -0.05) is 13.8 Å². The lowest BCUT2D eigenvalue weighted by Gasteiger charge is -2.14. The van der Waals surface area contributed by atoms with Crippen LogP contribution < -0.4 is 15.4 Å². The van der Waals surface area contributed by atoms with Crippen molar-refractivity contribution >= 4 is 29.8 Å². The second kappa shape index (κ2) is 9.53. The zero-order valence-corrected chi connectivity index (χ0v) is 16.3. The van der Waals surface area contributed by atoms with E-state index in [1.54, 1.807) is 24.7 Å². The van der Waals surface area contributed by atoms with Crippen LogP contribution in [0.15, 0.2) is 24.7 Å². The van der Waals surface area contributed by atoms with Crippen LogP contribution >= 0.6 is 12.4 Å². The van der Waals surface area contributed by atoms with Gasteiger partial charge in [0.05, 0.1) is 17.3 Å². The maximum atomic E-state index is 12.7. The van der Waals surface area contributed by atoms with Crippen LogP contribution in [0.1, 0.15) is 53.1 Å². The molecule has 0 atom stereocenters. The monoisotopic (exact) mass is 392 g/mol. The molecule has 3 N–H and O–H groups in total. The first-order valence-electron chi connectivity index (χ1n) is 8.91. The molecule has 1 aliphatic rings. The van der Waals surface area contributed by atoms with Crippen LogP contribution in [0, 0.1) is 0 Å². The molecule has 0 aliphatic heterocycles. The number of aryl methyl sites for hydroxylation is 1. The molecule has 27 heavy (non-hydrogen) atoms. The normalized spacial score (nSPS) is 13.1. The molecule has 0 saturated carbocycles. The number of ether oxygens (including phenoxy) is 1. The number of carbonyl (C=O) groups excluding carboxylic acids is 2. The second-order valence-corrected chi connectivity index (χ2v) is 6.62. The van der Waals surface area contributed by atoms with Crippen LogP contribution in [0.4, 0.5) is 5.69 Å². The third kappa shape index (κ3) is 5.08. The van der Waals surface area contributed by atoms with Gasteiger partial charge in [0, 0.05) is 43.2 Å². The highest BCUT2D eigenvalue weighted by Gasteiger charge is 2.26. The van der Waals surface area contributed by atoms with Crippen LogP contribution in [0.25, 0.3) is 0 Å². The number of halogens is 1. The number of H-pyrrole nitrogens is 1. The average Bonchev–Trinajstić information content (AvgIpc) is 3.05. The summed E-state index contributed by atoms with van der Waals surface area (Å²) in [5.41, 5.74) is 2.22. The van der Waals surface area contributed by atoms with Gasteiger partial charge in [-0.15, -0.1) is 12.4 Å². The number of anilines is 1. The Morgan fingerprint density at radius 3 is 2.96 bits per heavy atom. The first-order valence-corrected chi connectivity index (χ1v) is 8.91. The highest BCUT2D eigenvalue weighted by Crippen LogP contribution is 2.27. The first-order chi connectivity index (χ1) is 12.6. The molecule has 146 valence electrons. The molecule has 0 fully saturated rings. The minimum Gasteiger partial charge on any atom is -0.490 e. The lowest BCUT2D eigenvalue weighted by molar-refractivity contribution is 0.0956. The summed E-state index contributed by atoms with van der Waals surface area (Å²) < 4.78 is 5.75. The summed E-state index contributed by atoms with van der Waals surface area (Å²) in [7, 11) is 0. The summed E-state index contributed by atoms with van der Waals surface area (Å²) in [5.74, 6) is 0.227. The predicted molar refractivity (Wildman–Crippen MR) is 106 cm³/mol. The van der Waals surface area contributed by atoms with Crippen molar-refractivity contribution in [2.75, 3.05) is 18.5 Å². The highest BCUT2D eigenvalue weighted by molar-refractivity contribution is 6.13. The SMILES string of the molecule is CC(C)NCCOc1ccncc1NC(=O)c1c[nH]c2c1C(=O)CCC2.Cl. The third-order valence-corrected chi connectivity index (χ3v) is 4.26. The fraction of sp³-hybridized carbons (Fsp3) is 0.421. The summed E-state index contributed by atoms with van der Waals surface area (Å²) in [6.07, 6.45) is 6.85. The molecule has 0 aromatic carbocycles. The van der Waals surface area contributed by atoms with E-state index in [9.17, 15) is 9.59 Å². The number of ketones is 1. The lowest BCUT2D eigenvalue weighted by Crippen LogP contribution is -2.27. The van der Waals surface area contributed by atoms with Gasteiger partial charge >= 0.3 is 0 Å². The summed E-state index contributed by atoms with van der Waals surface area (Å²) in [5, 5.41) is 6.08. The van der Waals surface area contributed by atoms with E-state index in [1.807, 2.05) is 0 Å². The maximum absolute atomic E-state index is 12.7. The molecule has 2 aromatic rings. The molecule has 8 heteroatoms. The number of fused-ring (bicyclic) bond motifs is 1. The molecule has 2 heterocycles. The van der Waals surface area contributed by atoms with Crippen LogP contribution in [0.3, 0.4) is 0 Å². The minimum absolute atomic E-state index is 0. The Morgan fingerprint density at radius 2 is 2.19 bits per heavy atom. The highest BCUT2D eigenvalue weighted by atomic mass is 35.5. The Morgan fingerprint density at radius 1 is 1.37 bits per heavy atom. The van der Waals surface area contributed by atoms with E-state index in [2.05, 4.69) is 34.4 Å². The zero-order valence-electron chi connectivity index (χ0n) is 15.5. The molecular weight excluding hydrogens is 368 g/mol. The van der Waals surface area contributed by atoms with Gasteiger partial charge in [-0.2, -0.15) is 0 Å². The van der Waals surface area contributed by atoms with Crippen molar-refractivity contribution in [3.63, 3.8) is 0 Å². The Kier molecular flexibility index (Phi) is 7.38. The maximum Gasteiger partial charge on any atom is 0.258 e. The van der Waals surface area contributed by atoms with E-state index in [-0.39, 0.29) is 24.1 Å². The number of Topliss-reactive ketones (excluding diaryl/α,β-unsaturated/α-hetero) is 1. The fourth-order valence-electron chi connectivity index (χ4n) is 3.01. The van der Waals surface area contributed by atoms with E-state index >= 15 is 0 Å². The van der Waals surface area contributed by atoms with Gasteiger partial charge in [-0.25, -0.2) is 0 Å². The van der Waals surface area contributed by atoms with Crippen molar-refractivity contribution in [1.82, 2.24) is 15.3 Å². The molecule has 3 rings (SSSR count). The van der Waals surface area contributed by atoms with Gasteiger partial charge in [0.15, 0.2) is 5.78 Å². The molecule has 1 amide bonds. The van der Waals surface area contributed by atoms with E-state index < -0.39 is 0 Å². The minimum atomic E-state index is -0.337. The predicted octanol–water partition coefficient (Wildman–Crippen LogP) is 2.98. The number of pyridine rings is 1. The number of nitrogens with zero attached hydrogens (tertiary/aromatic N) is 1. The molecule has 0 unspecified atom stereocenters. The van der Waals surface area contributed by atoms with E-state index in [0.717, 1.165) is 18.5 Å². The van der Waals surface area contributed by atoms with Crippen molar-refractivity contribution in [1.29, 1.82) is 0 Å². The van der Waals surface area contributed by atoms with E-state index in [1.165, 1.54) is 0 Å². The molecule has 0 radical (unpaired) electrons. The molecule has 0 spiro atoms. The molecular formula is C19H25ClN4O3. The molecule has 0 saturated heterocycles. The number of aromatic amines is 1. The molecule has 2 aromatic heterocycles. The average molecular weight is 393 g/mol. The number of hydrogen-bond donors (Lipinski definition) is 3. The van der Waals surface area contributed by atoms with Crippen LogP contribution in [-0.2, 0) is 6.42 Å². The summed E-state index contributed by atoms with van der Waals surface area (Å²) in [6, 6.07) is 2.09. The van der Waals surface area contributed by atoms with Crippen molar-refractivity contribution in [2.24, 2.45) is 0 Å². The van der Waals surface area contributed by atoms with Crippen LogP contribution in [-0.4, -0.2) is 40.9 Å². The van der Waals surface area contributed by atoms with Gasteiger partial charge in [-0.05, 0) is 12.8 Å². The quantitative estimate of drug-likeness (QED) is 0.629. The third-order valence-electron chi connectivity index (χ3n) is 4.26. The number of amides is 1. The molecule has 1 aliphatic carbocycles. The van der Waals surface area contributed by atoms with E-state index in [0.29, 0.717) is 48.2 Å². The standard InChI is InChI=1S/C19H24N4O3.ClH/c1-12(2)21-8-9-26-17-6-7-20-11-15(17)23-19(25)13-10-22-14-4-3-5-16(24)18(13)14;/h6-7,10-12,21-22H,3-5,8-9H2,1-2H3,(H,23,25);1H. The lowest BCUT2D eigenvalue weighted by atomic mass is 9.93. The van der Waals surface area contributed by atoms with Crippen molar-refractivity contribution in [3.8, 4) is 5.75 Å². The van der Waals surface area contributed by atoms with Gasteiger partial charge in [-0.3, -0.25) is 14.6 Å². The van der Waals surface area contributed by atoms with Gasteiger partial charge in [0.2, 0.25) is 0 Å². The smallest absolute Gasteiger partial charge is 0.258 e. The second-order valence-electron chi connectivity index (χ2n) is 6.62. The van der Waals surface area contributed by atoms with Crippen LogP contribution in [0.2, 0.25) is 0 Å². The van der Waals surface area contributed by atoms with Crippen molar-refractivity contribution < 1.29 is 14.3 Å². The Balaban J connectivity index is 0.00000261. The number of rotatable bonds is 7. The summed E-state index contributed by atoms with van der Waals surface area (Å²) in [4.78, 5) is 32.0. The topological polar surface area (TPSA) is 96.1 Å². The van der Waals surface area contributed by atoms with Gasteiger partial charge in [0.25, 0.3) is 5.91 Å². The number of hydrogen-bond acceptors (Lipinski definition) is 5. The summed E-state index contributed by atoms with van der Waals surface area (Å²) >= 11 is 0. The number of nitrogens with one attached hydrogen (secondary N) is 3. The fourth-order valence-corrected chi connectivity index (χ4v) is 3.01. The Bertz CT molecular complexity index is 804. The number of carbonyl (C=O) groups is 2. The largest absolute Gasteiger partial charge is 0.490 e.